The maximum Gasteiger partial charge on any atom is 0.182 e. The van der Waals surface area contributed by atoms with Crippen LogP contribution in [-0.2, 0) is 0 Å². The molecule has 1 aromatic heterocycles. The molecule has 1 aromatic carbocycles. The van der Waals surface area contributed by atoms with Crippen LogP contribution in [0.2, 0.25) is 0 Å². The molecular formula is C11H7BrF2N2O. The molecule has 0 radical (unpaired) electrons. The minimum Gasteiger partial charge on any atom is -0.494 e. The predicted molar refractivity (Wildman–Crippen MR) is 61.6 cm³/mol. The van der Waals surface area contributed by atoms with Gasteiger partial charge in [0, 0.05) is 5.56 Å². The van der Waals surface area contributed by atoms with Gasteiger partial charge in [0.05, 0.1) is 7.11 Å². The van der Waals surface area contributed by atoms with Crippen LogP contribution in [-0.4, -0.2) is 17.1 Å². The zero-order chi connectivity index (χ0) is 12.4. The Morgan fingerprint density at radius 3 is 2.65 bits per heavy atom. The second-order valence-electron chi connectivity index (χ2n) is 3.18. The lowest BCUT2D eigenvalue weighted by Crippen LogP contribution is -1.95. The van der Waals surface area contributed by atoms with Crippen molar-refractivity contribution in [3.05, 3.63) is 40.8 Å². The van der Waals surface area contributed by atoms with E-state index < -0.39 is 11.6 Å². The van der Waals surface area contributed by atoms with Gasteiger partial charge in [-0.25, -0.2) is 18.7 Å². The third-order valence-corrected chi connectivity index (χ3v) is 2.73. The topological polar surface area (TPSA) is 35.0 Å². The maximum absolute atomic E-state index is 13.7. The van der Waals surface area contributed by atoms with Gasteiger partial charge in [-0.1, -0.05) is 0 Å². The molecule has 0 fully saturated rings. The summed E-state index contributed by atoms with van der Waals surface area (Å²) >= 11 is 2.95. The lowest BCUT2D eigenvalue weighted by molar-refractivity contribution is 0.386. The Kier molecular flexibility index (Phi) is 3.33. The third-order valence-electron chi connectivity index (χ3n) is 2.17. The second kappa shape index (κ2) is 4.75. The summed E-state index contributed by atoms with van der Waals surface area (Å²) in [6, 6.07) is 4.11. The lowest BCUT2D eigenvalue weighted by atomic mass is 10.1. The van der Waals surface area contributed by atoms with E-state index in [1.54, 1.807) is 0 Å². The molecule has 0 N–H and O–H groups in total. The van der Waals surface area contributed by atoms with Crippen molar-refractivity contribution in [1.82, 2.24) is 9.97 Å². The lowest BCUT2D eigenvalue weighted by Gasteiger charge is -2.06. The van der Waals surface area contributed by atoms with Crippen LogP contribution in [0.4, 0.5) is 8.78 Å². The summed E-state index contributed by atoms with van der Waals surface area (Å²) in [6.45, 7) is 0. The number of rotatable bonds is 2. The van der Waals surface area contributed by atoms with E-state index in [2.05, 4.69) is 25.9 Å². The fraction of sp³-hybridized carbons (Fsp3) is 0.0909. The van der Waals surface area contributed by atoms with Gasteiger partial charge in [-0.3, -0.25) is 0 Å². The Balaban J connectivity index is 2.54. The van der Waals surface area contributed by atoms with Gasteiger partial charge in [0.1, 0.15) is 16.6 Å². The molecule has 0 saturated heterocycles. The van der Waals surface area contributed by atoms with Crippen molar-refractivity contribution in [2.75, 3.05) is 7.11 Å². The van der Waals surface area contributed by atoms with Crippen molar-refractivity contribution in [2.24, 2.45) is 0 Å². The first-order valence-electron chi connectivity index (χ1n) is 4.63. The Morgan fingerprint density at radius 1 is 1.24 bits per heavy atom. The molecule has 0 aliphatic heterocycles. The molecule has 0 unspecified atom stereocenters. The highest BCUT2D eigenvalue weighted by Crippen LogP contribution is 2.27. The molecule has 0 amide bonds. The second-order valence-corrected chi connectivity index (χ2v) is 3.93. The Bertz CT molecular complexity index is 563. The van der Waals surface area contributed by atoms with Crippen LogP contribution in [0.15, 0.2) is 29.1 Å². The minimum atomic E-state index is -0.628. The van der Waals surface area contributed by atoms with Crippen LogP contribution in [0, 0.1) is 11.6 Å². The number of aromatic nitrogens is 2. The molecule has 2 rings (SSSR count). The average molecular weight is 301 g/mol. The van der Waals surface area contributed by atoms with E-state index in [0.717, 1.165) is 6.07 Å². The van der Waals surface area contributed by atoms with Crippen molar-refractivity contribution in [2.45, 2.75) is 0 Å². The van der Waals surface area contributed by atoms with Crippen LogP contribution < -0.4 is 4.74 Å². The minimum absolute atomic E-state index is 0.0356. The smallest absolute Gasteiger partial charge is 0.182 e. The van der Waals surface area contributed by atoms with Gasteiger partial charge in [-0.05, 0) is 34.1 Å². The molecule has 0 bridgehead atoms. The van der Waals surface area contributed by atoms with E-state index in [0.29, 0.717) is 5.56 Å². The Labute approximate surface area is 105 Å². The fourth-order valence-electron chi connectivity index (χ4n) is 1.36. The summed E-state index contributed by atoms with van der Waals surface area (Å²) < 4.78 is 32.0. The number of ether oxygens (including phenoxy) is 1. The van der Waals surface area contributed by atoms with E-state index in [-0.39, 0.29) is 16.0 Å². The standard InChI is InChI=1S/C11H7BrF2N2O/c1-17-8-3-2-6(4-7(8)13)10-9(14)11(12)16-5-15-10/h2-5H,1H3. The first-order valence-corrected chi connectivity index (χ1v) is 5.42. The maximum atomic E-state index is 13.7. The summed E-state index contributed by atoms with van der Waals surface area (Å²) in [6.07, 6.45) is 1.20. The summed E-state index contributed by atoms with van der Waals surface area (Å²) in [5.74, 6) is -1.10. The Morgan fingerprint density at radius 2 is 2.00 bits per heavy atom. The SMILES string of the molecule is COc1ccc(-c2ncnc(Br)c2F)cc1F. The third kappa shape index (κ3) is 2.26. The van der Waals surface area contributed by atoms with Gasteiger partial charge in [0.25, 0.3) is 0 Å². The molecule has 3 nitrogen and oxygen atoms in total. The number of halogens is 3. The van der Waals surface area contributed by atoms with Gasteiger partial charge < -0.3 is 4.74 Å². The van der Waals surface area contributed by atoms with E-state index in [1.807, 2.05) is 0 Å². The summed E-state index contributed by atoms with van der Waals surface area (Å²) in [7, 11) is 1.36. The normalized spacial score (nSPS) is 10.4. The zero-order valence-electron chi connectivity index (χ0n) is 8.75. The highest BCUT2D eigenvalue weighted by molar-refractivity contribution is 9.10. The van der Waals surface area contributed by atoms with Crippen LogP contribution >= 0.6 is 15.9 Å². The first kappa shape index (κ1) is 11.9. The van der Waals surface area contributed by atoms with E-state index in [4.69, 9.17) is 4.74 Å². The summed E-state index contributed by atoms with van der Waals surface area (Å²) in [5, 5.41) is 0. The summed E-state index contributed by atoms with van der Waals surface area (Å²) in [5.41, 5.74) is 0.359. The average Bonchev–Trinajstić information content (AvgIpc) is 2.32. The van der Waals surface area contributed by atoms with Gasteiger partial charge in [0.15, 0.2) is 17.4 Å². The largest absolute Gasteiger partial charge is 0.494 e. The molecular weight excluding hydrogens is 294 g/mol. The monoisotopic (exact) mass is 300 g/mol. The van der Waals surface area contributed by atoms with Gasteiger partial charge in [0.2, 0.25) is 0 Å². The number of benzene rings is 1. The van der Waals surface area contributed by atoms with E-state index in [1.165, 1.54) is 25.6 Å². The van der Waals surface area contributed by atoms with E-state index in [9.17, 15) is 8.78 Å². The summed E-state index contributed by atoms with van der Waals surface area (Å²) in [4.78, 5) is 7.42. The fourth-order valence-corrected chi connectivity index (χ4v) is 1.64. The predicted octanol–water partition coefficient (Wildman–Crippen LogP) is 3.19. The highest BCUT2D eigenvalue weighted by atomic mass is 79.9. The van der Waals surface area contributed by atoms with Gasteiger partial charge >= 0.3 is 0 Å². The number of methoxy groups -OCH3 is 1. The molecule has 0 aliphatic carbocycles. The number of hydrogen-bond donors (Lipinski definition) is 0. The van der Waals surface area contributed by atoms with Crippen molar-refractivity contribution >= 4 is 15.9 Å². The van der Waals surface area contributed by atoms with Crippen molar-refractivity contribution in [3.8, 4) is 17.0 Å². The quantitative estimate of drug-likeness (QED) is 0.799. The molecule has 17 heavy (non-hydrogen) atoms. The van der Waals surface area contributed by atoms with Crippen LogP contribution in [0.5, 0.6) is 5.75 Å². The van der Waals surface area contributed by atoms with E-state index >= 15 is 0 Å². The molecule has 6 heteroatoms. The molecule has 0 atom stereocenters. The van der Waals surface area contributed by atoms with Crippen LogP contribution in [0.1, 0.15) is 0 Å². The molecule has 1 heterocycles. The van der Waals surface area contributed by atoms with Gasteiger partial charge in [-0.2, -0.15) is 0 Å². The first-order chi connectivity index (χ1) is 8.13. The molecule has 0 spiro atoms. The molecule has 0 saturated carbocycles. The molecule has 2 aromatic rings. The van der Waals surface area contributed by atoms with Gasteiger partial charge in [-0.15, -0.1) is 0 Å². The van der Waals surface area contributed by atoms with Crippen LogP contribution in [0.25, 0.3) is 11.3 Å². The van der Waals surface area contributed by atoms with Crippen LogP contribution in [0.3, 0.4) is 0 Å². The van der Waals surface area contributed by atoms with Crippen molar-refractivity contribution in [3.63, 3.8) is 0 Å². The van der Waals surface area contributed by atoms with Crippen molar-refractivity contribution < 1.29 is 13.5 Å². The zero-order valence-corrected chi connectivity index (χ0v) is 10.3. The van der Waals surface area contributed by atoms with Crippen molar-refractivity contribution in [1.29, 1.82) is 0 Å². The number of hydrogen-bond acceptors (Lipinski definition) is 3. The molecule has 0 aliphatic rings. The highest BCUT2D eigenvalue weighted by Gasteiger charge is 2.13. The Hall–Kier alpha value is -1.56. The molecule has 88 valence electrons. The number of nitrogens with zero attached hydrogens (tertiary/aromatic N) is 2.